The van der Waals surface area contributed by atoms with E-state index in [1.807, 2.05) is 0 Å². The first-order valence-electron chi connectivity index (χ1n) is 6.68. The number of rotatable bonds is 6. The molecule has 6 nitrogen and oxygen atoms in total. The zero-order valence-electron chi connectivity index (χ0n) is 12.2. The predicted molar refractivity (Wildman–Crippen MR) is 91.1 cm³/mol. The van der Waals surface area contributed by atoms with Gasteiger partial charge in [0.05, 0.1) is 6.61 Å². The van der Waals surface area contributed by atoms with Crippen molar-refractivity contribution < 1.29 is 17.9 Å². The van der Waals surface area contributed by atoms with Crippen molar-refractivity contribution in [2.45, 2.75) is 11.8 Å². The number of ether oxygens (including phenoxy) is 1. The van der Waals surface area contributed by atoms with Gasteiger partial charge in [-0.25, -0.2) is 8.42 Å². The minimum atomic E-state index is -3.84. The van der Waals surface area contributed by atoms with E-state index in [9.17, 15) is 13.2 Å². The number of benzene rings is 2. The summed E-state index contributed by atoms with van der Waals surface area (Å²) in [5.41, 5.74) is 5.77. The van der Waals surface area contributed by atoms with Crippen LogP contribution in [0.3, 0.4) is 0 Å². The molecular formula is C15H15BrN2O4S. The van der Waals surface area contributed by atoms with Crippen molar-refractivity contribution in [1.29, 1.82) is 0 Å². The van der Waals surface area contributed by atoms with E-state index in [2.05, 4.69) is 20.7 Å². The fraction of sp³-hybridized carbons (Fsp3) is 0.133. The van der Waals surface area contributed by atoms with Gasteiger partial charge in [0.25, 0.3) is 10.0 Å². The van der Waals surface area contributed by atoms with E-state index in [1.54, 1.807) is 19.1 Å². The minimum Gasteiger partial charge on any atom is -0.492 e. The van der Waals surface area contributed by atoms with Crippen LogP contribution in [-0.4, -0.2) is 20.9 Å². The normalized spacial score (nSPS) is 11.0. The molecule has 0 bridgehead atoms. The number of nitrogens with two attached hydrogens (primary N) is 1. The van der Waals surface area contributed by atoms with Crippen LogP contribution >= 0.6 is 15.9 Å². The van der Waals surface area contributed by atoms with E-state index in [0.717, 1.165) is 0 Å². The number of nitrogens with one attached hydrogen (secondary N) is 1. The molecule has 0 aromatic heterocycles. The van der Waals surface area contributed by atoms with Gasteiger partial charge in [-0.2, -0.15) is 0 Å². The molecule has 0 spiro atoms. The first-order chi connectivity index (χ1) is 10.8. The molecule has 0 aliphatic heterocycles. The lowest BCUT2D eigenvalue weighted by atomic mass is 10.2. The summed E-state index contributed by atoms with van der Waals surface area (Å²) in [7, 11) is -3.84. The first kappa shape index (κ1) is 17.3. The van der Waals surface area contributed by atoms with Crippen molar-refractivity contribution in [1.82, 2.24) is 0 Å². The quantitative estimate of drug-likeness (QED) is 0.781. The molecule has 1 amide bonds. The summed E-state index contributed by atoms with van der Waals surface area (Å²) in [4.78, 5) is 11.1. The molecule has 0 radical (unpaired) electrons. The molecule has 0 aliphatic carbocycles. The number of amides is 1. The second kappa shape index (κ2) is 7.01. The van der Waals surface area contributed by atoms with Gasteiger partial charge in [-0.15, -0.1) is 0 Å². The third-order valence-electron chi connectivity index (χ3n) is 2.92. The summed E-state index contributed by atoms with van der Waals surface area (Å²) >= 11 is 3.25. The predicted octanol–water partition coefficient (Wildman–Crippen LogP) is 2.75. The summed E-state index contributed by atoms with van der Waals surface area (Å²) in [5, 5.41) is 0. The second-order valence-electron chi connectivity index (χ2n) is 4.57. The molecule has 0 atom stereocenters. The number of carbonyl (C=O) groups excluding carboxylic acids is 1. The lowest BCUT2D eigenvalue weighted by molar-refractivity contribution is 0.100. The molecule has 2 aromatic rings. The van der Waals surface area contributed by atoms with Crippen LogP contribution < -0.4 is 15.2 Å². The summed E-state index contributed by atoms with van der Waals surface area (Å²) in [5.74, 6) is -0.318. The lowest BCUT2D eigenvalue weighted by Crippen LogP contribution is -2.15. The number of primary amides is 1. The molecule has 8 heteroatoms. The van der Waals surface area contributed by atoms with E-state index < -0.39 is 15.9 Å². The number of anilines is 1. The minimum absolute atomic E-state index is 0.0210. The maximum atomic E-state index is 12.6. The van der Waals surface area contributed by atoms with E-state index in [1.165, 1.54) is 30.3 Å². The SMILES string of the molecule is CCOc1ccc(Br)cc1S(=O)(=O)Nc1ccc(C(N)=O)cc1. The molecule has 0 unspecified atom stereocenters. The van der Waals surface area contributed by atoms with Crippen molar-refractivity contribution in [2.75, 3.05) is 11.3 Å². The van der Waals surface area contributed by atoms with Crippen LogP contribution in [-0.2, 0) is 10.0 Å². The van der Waals surface area contributed by atoms with Gasteiger partial charge in [0.2, 0.25) is 5.91 Å². The average Bonchev–Trinajstić information content (AvgIpc) is 2.49. The first-order valence-corrected chi connectivity index (χ1v) is 8.96. The largest absolute Gasteiger partial charge is 0.492 e. The molecule has 23 heavy (non-hydrogen) atoms. The average molecular weight is 399 g/mol. The maximum absolute atomic E-state index is 12.6. The van der Waals surface area contributed by atoms with Gasteiger partial charge in [0.15, 0.2) is 0 Å². The van der Waals surface area contributed by atoms with Gasteiger partial charge >= 0.3 is 0 Å². The monoisotopic (exact) mass is 398 g/mol. The Bertz CT molecular complexity index is 820. The van der Waals surface area contributed by atoms with Crippen LogP contribution in [0.1, 0.15) is 17.3 Å². The zero-order valence-corrected chi connectivity index (χ0v) is 14.6. The van der Waals surface area contributed by atoms with Gasteiger partial charge in [-0.05, 0) is 49.4 Å². The zero-order chi connectivity index (χ0) is 17.0. The van der Waals surface area contributed by atoms with Gasteiger partial charge in [0.1, 0.15) is 10.6 Å². The van der Waals surface area contributed by atoms with E-state index in [0.29, 0.717) is 22.3 Å². The maximum Gasteiger partial charge on any atom is 0.265 e. The molecule has 0 aliphatic rings. The lowest BCUT2D eigenvalue weighted by Gasteiger charge is -2.13. The van der Waals surface area contributed by atoms with Crippen LogP contribution in [0.25, 0.3) is 0 Å². The fourth-order valence-corrected chi connectivity index (χ4v) is 3.62. The number of sulfonamides is 1. The summed E-state index contributed by atoms with van der Waals surface area (Å²) in [6, 6.07) is 10.6. The summed E-state index contributed by atoms with van der Waals surface area (Å²) in [6.45, 7) is 2.12. The Kier molecular flexibility index (Phi) is 5.27. The van der Waals surface area contributed by atoms with Gasteiger partial charge in [-0.1, -0.05) is 15.9 Å². The highest BCUT2D eigenvalue weighted by Crippen LogP contribution is 2.29. The van der Waals surface area contributed by atoms with Crippen molar-refractivity contribution in [3.05, 3.63) is 52.5 Å². The Morgan fingerprint density at radius 3 is 2.43 bits per heavy atom. The van der Waals surface area contributed by atoms with Crippen molar-refractivity contribution in [3.63, 3.8) is 0 Å². The van der Waals surface area contributed by atoms with Crippen molar-refractivity contribution in [2.24, 2.45) is 5.73 Å². The third kappa shape index (κ3) is 4.23. The van der Waals surface area contributed by atoms with Crippen LogP contribution in [0, 0.1) is 0 Å². The Morgan fingerprint density at radius 2 is 1.87 bits per heavy atom. The third-order valence-corrected chi connectivity index (χ3v) is 4.81. The van der Waals surface area contributed by atoms with Crippen LogP contribution in [0.5, 0.6) is 5.75 Å². The Morgan fingerprint density at radius 1 is 1.22 bits per heavy atom. The van der Waals surface area contributed by atoms with Crippen LogP contribution in [0.4, 0.5) is 5.69 Å². The molecule has 0 saturated carbocycles. The van der Waals surface area contributed by atoms with Crippen LogP contribution in [0.15, 0.2) is 51.8 Å². The van der Waals surface area contributed by atoms with Crippen molar-refractivity contribution >= 4 is 37.5 Å². The Hall–Kier alpha value is -2.06. The van der Waals surface area contributed by atoms with Crippen LogP contribution in [0.2, 0.25) is 0 Å². The number of halogens is 1. The fourth-order valence-electron chi connectivity index (χ4n) is 1.88. The Labute approximate surface area is 142 Å². The Balaban J connectivity index is 2.35. The van der Waals surface area contributed by atoms with Gasteiger partial charge < -0.3 is 10.5 Å². The molecule has 2 aromatic carbocycles. The topological polar surface area (TPSA) is 98.5 Å². The van der Waals surface area contributed by atoms with E-state index in [4.69, 9.17) is 10.5 Å². The number of hydrogen-bond donors (Lipinski definition) is 2. The number of carbonyl (C=O) groups is 1. The standard InChI is InChI=1S/C15H15BrN2O4S/c1-2-22-13-8-5-11(16)9-14(13)23(20,21)18-12-6-3-10(4-7-12)15(17)19/h3-9,18H,2H2,1H3,(H2,17,19). The van der Waals surface area contributed by atoms with Gasteiger partial charge in [0, 0.05) is 15.7 Å². The van der Waals surface area contributed by atoms with E-state index in [-0.39, 0.29) is 10.6 Å². The molecule has 0 heterocycles. The molecule has 0 fully saturated rings. The van der Waals surface area contributed by atoms with Crippen molar-refractivity contribution in [3.8, 4) is 5.75 Å². The smallest absolute Gasteiger partial charge is 0.265 e. The molecule has 122 valence electrons. The highest BCUT2D eigenvalue weighted by atomic mass is 79.9. The summed E-state index contributed by atoms with van der Waals surface area (Å²) in [6.07, 6.45) is 0. The van der Waals surface area contributed by atoms with Gasteiger partial charge in [-0.3, -0.25) is 9.52 Å². The number of hydrogen-bond acceptors (Lipinski definition) is 4. The molecular weight excluding hydrogens is 384 g/mol. The second-order valence-corrected chi connectivity index (χ2v) is 7.14. The molecule has 3 N–H and O–H groups in total. The van der Waals surface area contributed by atoms with E-state index >= 15 is 0 Å². The summed E-state index contributed by atoms with van der Waals surface area (Å²) < 4.78 is 33.6. The highest BCUT2D eigenvalue weighted by molar-refractivity contribution is 9.10. The molecule has 0 saturated heterocycles. The molecule has 2 rings (SSSR count). The highest BCUT2D eigenvalue weighted by Gasteiger charge is 2.20.